The van der Waals surface area contributed by atoms with E-state index >= 15 is 0 Å². The Balaban J connectivity index is 3.26. The van der Waals surface area contributed by atoms with Gasteiger partial charge in [0, 0.05) is 11.2 Å². The van der Waals surface area contributed by atoms with Gasteiger partial charge >= 0.3 is 0 Å². The molecule has 0 fully saturated rings. The first-order valence-corrected chi connectivity index (χ1v) is 7.55. The molecule has 0 saturated heterocycles. The molecule has 0 bridgehead atoms. The van der Waals surface area contributed by atoms with Crippen molar-refractivity contribution in [1.82, 2.24) is 4.72 Å². The number of hydrogen-bond acceptors (Lipinski definition) is 3. The van der Waals surface area contributed by atoms with Gasteiger partial charge in [0.1, 0.15) is 4.90 Å². The van der Waals surface area contributed by atoms with Gasteiger partial charge in [-0.05, 0) is 44.9 Å². The van der Waals surface area contributed by atoms with Crippen molar-refractivity contribution in [1.29, 1.82) is 0 Å². The predicted octanol–water partition coefficient (Wildman–Crippen LogP) is 2.70. The van der Waals surface area contributed by atoms with E-state index < -0.39 is 15.6 Å². The molecule has 3 N–H and O–H groups in total. The lowest BCUT2D eigenvalue weighted by atomic mass is 10.0. The van der Waals surface area contributed by atoms with E-state index in [9.17, 15) is 8.42 Å². The zero-order chi connectivity index (χ0) is 14.1. The Kier molecular flexibility index (Phi) is 4.30. The second-order valence-corrected chi connectivity index (χ2v) is 7.04. The molecule has 0 spiro atoms. The maximum atomic E-state index is 12.2. The largest absolute Gasteiger partial charge is 0.398 e. The standard InChI is InChI=1S/C12H19ClN2O2S/c1-5-12(3,4)15-18(16,17)11-7-10(14)8(2)6-9(11)13/h6-7,15H,5,14H2,1-4H3. The first kappa shape index (κ1) is 15.3. The molecule has 0 radical (unpaired) electrons. The fourth-order valence-corrected chi connectivity index (χ4v) is 3.47. The van der Waals surface area contributed by atoms with E-state index in [1.54, 1.807) is 13.0 Å². The van der Waals surface area contributed by atoms with Crippen LogP contribution in [0.4, 0.5) is 5.69 Å². The van der Waals surface area contributed by atoms with Crippen LogP contribution in [0.2, 0.25) is 5.02 Å². The minimum absolute atomic E-state index is 0.0220. The molecule has 6 heteroatoms. The van der Waals surface area contributed by atoms with Crippen LogP contribution in [0.1, 0.15) is 32.8 Å². The van der Waals surface area contributed by atoms with E-state index in [0.29, 0.717) is 12.1 Å². The second kappa shape index (κ2) is 5.07. The van der Waals surface area contributed by atoms with Gasteiger partial charge in [-0.25, -0.2) is 13.1 Å². The highest BCUT2D eigenvalue weighted by Gasteiger charge is 2.26. The minimum atomic E-state index is -3.66. The van der Waals surface area contributed by atoms with Crippen molar-refractivity contribution in [2.24, 2.45) is 0 Å². The number of anilines is 1. The zero-order valence-electron chi connectivity index (χ0n) is 11.0. The molecule has 0 aliphatic carbocycles. The molecule has 0 unspecified atom stereocenters. The minimum Gasteiger partial charge on any atom is -0.398 e. The van der Waals surface area contributed by atoms with Gasteiger partial charge in [-0.2, -0.15) is 0 Å². The number of nitrogens with one attached hydrogen (secondary N) is 1. The van der Waals surface area contributed by atoms with Crippen LogP contribution in [0.15, 0.2) is 17.0 Å². The third-order valence-electron chi connectivity index (χ3n) is 2.90. The highest BCUT2D eigenvalue weighted by molar-refractivity contribution is 7.89. The summed E-state index contributed by atoms with van der Waals surface area (Å²) >= 11 is 5.98. The zero-order valence-corrected chi connectivity index (χ0v) is 12.6. The van der Waals surface area contributed by atoms with Gasteiger partial charge in [0.05, 0.1) is 5.02 Å². The van der Waals surface area contributed by atoms with Gasteiger partial charge in [-0.15, -0.1) is 0 Å². The molecule has 1 rings (SSSR count). The van der Waals surface area contributed by atoms with E-state index in [-0.39, 0.29) is 9.92 Å². The monoisotopic (exact) mass is 290 g/mol. The SMILES string of the molecule is CCC(C)(C)NS(=O)(=O)c1cc(N)c(C)cc1Cl. The molecule has 1 aromatic rings. The van der Waals surface area contributed by atoms with E-state index in [4.69, 9.17) is 17.3 Å². The molecule has 0 aliphatic rings. The van der Waals surface area contributed by atoms with Crippen molar-refractivity contribution in [2.75, 3.05) is 5.73 Å². The highest BCUT2D eigenvalue weighted by atomic mass is 35.5. The van der Waals surface area contributed by atoms with Crippen LogP contribution in [-0.4, -0.2) is 14.0 Å². The predicted molar refractivity (Wildman–Crippen MR) is 75.3 cm³/mol. The molecular formula is C12H19ClN2O2S. The van der Waals surface area contributed by atoms with Gasteiger partial charge in [0.2, 0.25) is 10.0 Å². The van der Waals surface area contributed by atoms with Crippen LogP contribution < -0.4 is 10.5 Å². The van der Waals surface area contributed by atoms with Gasteiger partial charge in [0.15, 0.2) is 0 Å². The number of halogens is 1. The lowest BCUT2D eigenvalue weighted by molar-refractivity contribution is 0.439. The molecule has 0 heterocycles. The lowest BCUT2D eigenvalue weighted by Crippen LogP contribution is -2.42. The number of nitrogen functional groups attached to an aromatic ring is 1. The van der Waals surface area contributed by atoms with Gasteiger partial charge < -0.3 is 5.73 Å². The average molecular weight is 291 g/mol. The summed E-state index contributed by atoms with van der Waals surface area (Å²) in [6.07, 6.45) is 0.672. The third-order valence-corrected chi connectivity index (χ3v) is 5.07. The fourth-order valence-electron chi connectivity index (χ4n) is 1.37. The van der Waals surface area contributed by atoms with Crippen LogP contribution in [0.3, 0.4) is 0 Å². The number of hydrogen-bond donors (Lipinski definition) is 2. The smallest absolute Gasteiger partial charge is 0.242 e. The number of aryl methyl sites for hydroxylation is 1. The summed E-state index contributed by atoms with van der Waals surface area (Å²) in [7, 11) is -3.66. The Hall–Kier alpha value is -0.780. The van der Waals surface area contributed by atoms with Gasteiger partial charge in [-0.1, -0.05) is 18.5 Å². The summed E-state index contributed by atoms with van der Waals surface area (Å²) in [4.78, 5) is 0.0220. The number of nitrogens with two attached hydrogens (primary N) is 1. The van der Waals surface area contributed by atoms with E-state index in [1.165, 1.54) is 6.07 Å². The number of sulfonamides is 1. The van der Waals surface area contributed by atoms with Crippen molar-refractivity contribution in [3.63, 3.8) is 0 Å². The van der Waals surface area contributed by atoms with Crippen LogP contribution in [0.5, 0.6) is 0 Å². The van der Waals surface area contributed by atoms with Crippen LogP contribution in [-0.2, 0) is 10.0 Å². The van der Waals surface area contributed by atoms with Crippen LogP contribution >= 0.6 is 11.6 Å². The molecule has 4 nitrogen and oxygen atoms in total. The van der Waals surface area contributed by atoms with Crippen molar-refractivity contribution in [3.05, 3.63) is 22.7 Å². The molecule has 0 aliphatic heterocycles. The van der Waals surface area contributed by atoms with E-state index in [1.807, 2.05) is 20.8 Å². The Morgan fingerprint density at radius 3 is 2.44 bits per heavy atom. The molecule has 0 atom stereocenters. The normalized spacial score (nSPS) is 12.7. The molecule has 102 valence electrons. The van der Waals surface area contributed by atoms with Crippen molar-refractivity contribution < 1.29 is 8.42 Å². The van der Waals surface area contributed by atoms with E-state index in [0.717, 1.165) is 5.56 Å². The lowest BCUT2D eigenvalue weighted by Gasteiger charge is -2.24. The van der Waals surface area contributed by atoms with Gasteiger partial charge in [0.25, 0.3) is 0 Å². The maximum absolute atomic E-state index is 12.2. The molecule has 18 heavy (non-hydrogen) atoms. The summed E-state index contributed by atoms with van der Waals surface area (Å²) in [5.41, 5.74) is 6.37. The van der Waals surface area contributed by atoms with Crippen molar-refractivity contribution in [3.8, 4) is 0 Å². The summed E-state index contributed by atoms with van der Waals surface area (Å²) in [6, 6.07) is 2.95. The van der Waals surface area contributed by atoms with Crippen molar-refractivity contribution in [2.45, 2.75) is 44.6 Å². The highest BCUT2D eigenvalue weighted by Crippen LogP contribution is 2.27. The summed E-state index contributed by atoms with van der Waals surface area (Å²) in [5, 5.41) is 0.182. The van der Waals surface area contributed by atoms with Crippen molar-refractivity contribution >= 4 is 27.3 Å². The molecule has 0 amide bonds. The first-order chi connectivity index (χ1) is 8.09. The molecular weight excluding hydrogens is 272 g/mol. The van der Waals surface area contributed by atoms with Crippen LogP contribution in [0, 0.1) is 6.92 Å². The number of benzene rings is 1. The molecule has 1 aromatic carbocycles. The summed E-state index contributed by atoms with van der Waals surface area (Å²) < 4.78 is 27.1. The third kappa shape index (κ3) is 3.37. The number of rotatable bonds is 4. The molecule has 0 aromatic heterocycles. The first-order valence-electron chi connectivity index (χ1n) is 5.68. The molecule has 0 saturated carbocycles. The topological polar surface area (TPSA) is 72.2 Å². The van der Waals surface area contributed by atoms with Crippen LogP contribution in [0.25, 0.3) is 0 Å². The Morgan fingerprint density at radius 1 is 1.39 bits per heavy atom. The maximum Gasteiger partial charge on any atom is 0.242 e. The summed E-state index contributed by atoms with van der Waals surface area (Å²) in [5.74, 6) is 0. The van der Waals surface area contributed by atoms with E-state index in [2.05, 4.69) is 4.72 Å². The quantitative estimate of drug-likeness (QED) is 0.838. The fraction of sp³-hybridized carbons (Fsp3) is 0.500. The Bertz CT molecular complexity index is 553. The Morgan fingerprint density at radius 2 is 1.94 bits per heavy atom. The second-order valence-electron chi connectivity index (χ2n) is 4.98. The summed E-state index contributed by atoms with van der Waals surface area (Å²) in [6.45, 7) is 7.32. The van der Waals surface area contributed by atoms with Gasteiger partial charge in [-0.3, -0.25) is 0 Å². The Labute approximate surface area is 114 Å². The average Bonchev–Trinajstić information content (AvgIpc) is 2.21.